The number of unbranched alkanes of at least 4 members (excludes halogenated alkanes) is 7. The molecule has 0 unspecified atom stereocenters. The molecule has 0 radical (unpaired) electrons. The summed E-state index contributed by atoms with van der Waals surface area (Å²) < 4.78 is 6.72. The fourth-order valence-electron chi connectivity index (χ4n) is 3.15. The number of thioether (sulfide) groups is 1. The normalized spacial score (nSPS) is 11.4. The summed E-state index contributed by atoms with van der Waals surface area (Å²) >= 11 is 2.09. The molecule has 6 heteroatoms. The number of carbonyl (C=O) groups is 1. The van der Waals surface area contributed by atoms with E-state index < -0.39 is 0 Å². The molecule has 0 spiro atoms. The third kappa shape index (κ3) is 16.3. The van der Waals surface area contributed by atoms with Gasteiger partial charge in [-0.15, -0.1) is 0 Å². The maximum atomic E-state index is 12.1. The van der Waals surface area contributed by atoms with Crippen LogP contribution in [0.1, 0.15) is 94.0 Å². The second-order valence-electron chi connectivity index (χ2n) is 8.86. The van der Waals surface area contributed by atoms with E-state index in [1.807, 2.05) is 0 Å². The van der Waals surface area contributed by atoms with Crippen LogP contribution in [-0.2, 0) is 6.42 Å². The average Bonchev–Trinajstić information content (AvgIpc) is 3.11. The molecule has 0 aromatic carbocycles. The first kappa shape index (κ1) is 28.9. The standard InChI is InChI=1S/C23H43N2O2S.HI/c1-5-6-7-8-12-16-22(26)23-24-20-21(27-23)15-11-9-10-13-18-28-19-14-17-25(2,3)4;/h20H,5-19H2,1-4H3;1H/q+1;/p-1. The number of hydrogen-bond acceptors (Lipinski definition) is 4. The second kappa shape index (κ2) is 17.6. The van der Waals surface area contributed by atoms with Crippen LogP contribution in [0.3, 0.4) is 0 Å². The molecule has 0 saturated carbocycles. The van der Waals surface area contributed by atoms with Gasteiger partial charge in [0.05, 0.1) is 33.9 Å². The molecule has 0 aliphatic heterocycles. The molecular formula is C23H43IN2O2S. The zero-order valence-corrected chi connectivity index (χ0v) is 22.2. The van der Waals surface area contributed by atoms with E-state index in [9.17, 15) is 4.79 Å². The van der Waals surface area contributed by atoms with Crippen molar-refractivity contribution in [1.82, 2.24) is 4.98 Å². The van der Waals surface area contributed by atoms with Crippen molar-refractivity contribution in [2.45, 2.75) is 84.0 Å². The van der Waals surface area contributed by atoms with Crippen LogP contribution < -0.4 is 24.0 Å². The Hall–Kier alpha value is -0.0800. The SMILES string of the molecule is CCCCCCCC(=O)c1ncc(CCCCCCSCCC[N+](C)(C)C)o1.[I-]. The molecule has 29 heavy (non-hydrogen) atoms. The van der Waals surface area contributed by atoms with Crippen LogP contribution in [0.25, 0.3) is 0 Å². The maximum absolute atomic E-state index is 12.1. The van der Waals surface area contributed by atoms with Gasteiger partial charge in [-0.2, -0.15) is 11.8 Å². The van der Waals surface area contributed by atoms with Crippen molar-refractivity contribution >= 4 is 17.5 Å². The Bertz CT molecular complexity index is 529. The summed E-state index contributed by atoms with van der Waals surface area (Å²) in [5.74, 6) is 3.80. The highest BCUT2D eigenvalue weighted by atomic mass is 127. The minimum absolute atomic E-state index is 0. The summed E-state index contributed by atoms with van der Waals surface area (Å²) in [5, 5.41) is 0. The lowest BCUT2D eigenvalue weighted by molar-refractivity contribution is -0.870. The molecule has 1 rings (SSSR count). The van der Waals surface area contributed by atoms with Gasteiger partial charge in [0.2, 0.25) is 5.78 Å². The zero-order valence-electron chi connectivity index (χ0n) is 19.2. The summed E-state index contributed by atoms with van der Waals surface area (Å²) in [4.78, 5) is 16.3. The Balaban J connectivity index is 0.00000784. The molecule has 1 aromatic heterocycles. The van der Waals surface area contributed by atoms with E-state index in [-0.39, 0.29) is 29.8 Å². The van der Waals surface area contributed by atoms with Crippen LogP contribution in [-0.4, -0.2) is 54.4 Å². The van der Waals surface area contributed by atoms with E-state index in [1.165, 1.54) is 63.0 Å². The number of nitrogens with zero attached hydrogens (tertiary/aromatic N) is 2. The quantitative estimate of drug-likeness (QED) is 0.125. The number of aromatic nitrogens is 1. The van der Waals surface area contributed by atoms with Crippen molar-refractivity contribution in [1.29, 1.82) is 0 Å². The van der Waals surface area contributed by atoms with E-state index in [4.69, 9.17) is 4.42 Å². The zero-order chi connectivity index (χ0) is 20.7. The lowest BCUT2D eigenvalue weighted by Gasteiger charge is -2.23. The lowest BCUT2D eigenvalue weighted by Crippen LogP contribution is -3.00. The summed E-state index contributed by atoms with van der Waals surface area (Å²) in [6.07, 6.45) is 15.2. The van der Waals surface area contributed by atoms with E-state index in [0.29, 0.717) is 12.3 Å². The molecule has 0 aliphatic rings. The predicted molar refractivity (Wildman–Crippen MR) is 121 cm³/mol. The first-order valence-corrected chi connectivity index (χ1v) is 12.4. The number of halogens is 1. The van der Waals surface area contributed by atoms with Crippen molar-refractivity contribution in [3.05, 3.63) is 17.8 Å². The van der Waals surface area contributed by atoms with Gasteiger partial charge in [0.25, 0.3) is 5.89 Å². The first-order chi connectivity index (χ1) is 13.4. The Labute approximate surface area is 200 Å². The number of oxazole rings is 1. The number of hydrogen-bond donors (Lipinski definition) is 0. The summed E-state index contributed by atoms with van der Waals surface area (Å²) in [7, 11) is 6.77. The maximum Gasteiger partial charge on any atom is 0.263 e. The number of quaternary nitrogens is 1. The molecule has 0 bridgehead atoms. The minimum atomic E-state index is 0. The Morgan fingerprint density at radius 2 is 1.62 bits per heavy atom. The topological polar surface area (TPSA) is 43.1 Å². The molecular weight excluding hydrogens is 495 g/mol. The van der Waals surface area contributed by atoms with Crippen LogP contribution in [0.15, 0.2) is 10.6 Å². The van der Waals surface area contributed by atoms with Crippen LogP contribution in [0.2, 0.25) is 0 Å². The Morgan fingerprint density at radius 1 is 0.966 bits per heavy atom. The monoisotopic (exact) mass is 538 g/mol. The predicted octanol–water partition coefficient (Wildman–Crippen LogP) is 3.15. The van der Waals surface area contributed by atoms with Gasteiger partial charge in [-0.3, -0.25) is 4.79 Å². The van der Waals surface area contributed by atoms with E-state index in [2.05, 4.69) is 44.8 Å². The van der Waals surface area contributed by atoms with Gasteiger partial charge in [0, 0.05) is 19.3 Å². The third-order valence-electron chi connectivity index (χ3n) is 4.88. The van der Waals surface area contributed by atoms with Gasteiger partial charge in [-0.05, 0) is 30.8 Å². The van der Waals surface area contributed by atoms with Gasteiger partial charge in [0.1, 0.15) is 5.76 Å². The molecule has 0 fully saturated rings. The molecule has 0 atom stereocenters. The van der Waals surface area contributed by atoms with Crippen LogP contribution in [0.5, 0.6) is 0 Å². The van der Waals surface area contributed by atoms with Crippen molar-refractivity contribution in [3.63, 3.8) is 0 Å². The molecule has 0 amide bonds. The smallest absolute Gasteiger partial charge is 0.263 e. The van der Waals surface area contributed by atoms with Gasteiger partial charge >= 0.3 is 0 Å². The number of Topliss-reactive ketones (excluding diaryl/α,β-unsaturated/α-hetero) is 1. The van der Waals surface area contributed by atoms with Gasteiger partial charge in [-0.25, -0.2) is 4.98 Å². The number of ketones is 1. The molecule has 0 aliphatic carbocycles. The highest BCUT2D eigenvalue weighted by molar-refractivity contribution is 7.99. The molecule has 0 N–H and O–H groups in total. The van der Waals surface area contributed by atoms with E-state index >= 15 is 0 Å². The summed E-state index contributed by atoms with van der Waals surface area (Å²) in [5.41, 5.74) is 0. The molecule has 0 saturated heterocycles. The number of carbonyl (C=O) groups excluding carboxylic acids is 1. The van der Waals surface area contributed by atoms with E-state index in [1.54, 1.807) is 6.20 Å². The van der Waals surface area contributed by atoms with Crippen molar-refractivity contribution in [3.8, 4) is 0 Å². The fourth-order valence-corrected chi connectivity index (χ4v) is 4.09. The second-order valence-corrected chi connectivity index (χ2v) is 10.1. The molecule has 170 valence electrons. The minimum Gasteiger partial charge on any atom is -1.00 e. The lowest BCUT2D eigenvalue weighted by atomic mass is 10.1. The van der Waals surface area contributed by atoms with E-state index in [0.717, 1.165) is 35.9 Å². The third-order valence-corrected chi connectivity index (χ3v) is 6.03. The van der Waals surface area contributed by atoms with Crippen molar-refractivity contribution in [2.75, 3.05) is 39.2 Å². The first-order valence-electron chi connectivity index (χ1n) is 11.3. The van der Waals surface area contributed by atoms with Crippen molar-refractivity contribution < 1.29 is 37.7 Å². The molecule has 1 aromatic rings. The summed E-state index contributed by atoms with van der Waals surface area (Å²) in [6.45, 7) is 3.46. The highest BCUT2D eigenvalue weighted by Gasteiger charge is 2.12. The highest BCUT2D eigenvalue weighted by Crippen LogP contribution is 2.14. The van der Waals surface area contributed by atoms with Gasteiger partial charge in [0.15, 0.2) is 0 Å². The average molecular weight is 539 g/mol. The molecule has 1 heterocycles. The fraction of sp³-hybridized carbons (Fsp3) is 0.826. The number of aryl methyl sites for hydroxylation is 1. The van der Waals surface area contributed by atoms with Crippen LogP contribution in [0.4, 0.5) is 0 Å². The largest absolute Gasteiger partial charge is 1.00 e. The van der Waals surface area contributed by atoms with Crippen LogP contribution in [0, 0.1) is 0 Å². The Morgan fingerprint density at radius 3 is 2.34 bits per heavy atom. The molecule has 4 nitrogen and oxygen atoms in total. The van der Waals surface area contributed by atoms with Gasteiger partial charge in [-0.1, -0.05) is 45.4 Å². The van der Waals surface area contributed by atoms with Crippen molar-refractivity contribution in [2.24, 2.45) is 0 Å². The Kier molecular flexibility index (Phi) is 17.5. The van der Waals surface area contributed by atoms with Crippen LogP contribution >= 0.6 is 11.8 Å². The summed E-state index contributed by atoms with van der Waals surface area (Å²) in [6, 6.07) is 0. The number of rotatable bonds is 18. The van der Waals surface area contributed by atoms with Gasteiger partial charge < -0.3 is 32.9 Å².